The van der Waals surface area contributed by atoms with E-state index in [-0.39, 0.29) is 0 Å². The second-order valence-electron chi connectivity index (χ2n) is 3.86. The van der Waals surface area contributed by atoms with Gasteiger partial charge in [-0.05, 0) is 10.8 Å². The van der Waals surface area contributed by atoms with Gasteiger partial charge in [0.05, 0.1) is 5.69 Å². The zero-order valence-electron chi connectivity index (χ0n) is 9.26. The third-order valence-electron chi connectivity index (χ3n) is 2.79. The molecule has 3 rings (SSSR count). The molecule has 0 aliphatic heterocycles. The molecule has 0 saturated heterocycles. The fourth-order valence-corrected chi connectivity index (χ4v) is 2.65. The van der Waals surface area contributed by atoms with Gasteiger partial charge in [-0.15, -0.1) is 11.3 Å². The largest absolute Gasteiger partial charge is 0.325 e. The van der Waals surface area contributed by atoms with Crippen LogP contribution >= 0.6 is 11.3 Å². The third-order valence-corrected chi connectivity index (χ3v) is 3.66. The van der Waals surface area contributed by atoms with Crippen molar-refractivity contribution >= 4 is 22.1 Å². The molecule has 3 heteroatoms. The quantitative estimate of drug-likeness (QED) is 0.745. The Morgan fingerprint density at radius 2 is 1.88 bits per heavy atom. The van der Waals surface area contributed by atoms with Gasteiger partial charge in [0.15, 0.2) is 0 Å². The molecule has 0 atom stereocenters. The predicted molar refractivity (Wildman–Crippen MR) is 72.9 cm³/mol. The zero-order chi connectivity index (χ0) is 11.7. The van der Waals surface area contributed by atoms with Gasteiger partial charge in [-0.25, -0.2) is 4.98 Å². The summed E-state index contributed by atoms with van der Waals surface area (Å²) in [6.45, 7) is 0.509. The monoisotopic (exact) mass is 240 g/mol. The van der Waals surface area contributed by atoms with E-state index in [0.29, 0.717) is 6.54 Å². The molecule has 2 aromatic carbocycles. The number of aromatic nitrogens is 1. The van der Waals surface area contributed by atoms with Crippen LogP contribution in [-0.2, 0) is 6.54 Å². The number of hydrogen-bond acceptors (Lipinski definition) is 3. The lowest BCUT2D eigenvalue weighted by molar-refractivity contribution is 1.04. The van der Waals surface area contributed by atoms with Gasteiger partial charge in [-0.3, -0.25) is 0 Å². The Labute approximate surface area is 104 Å². The number of fused-ring (bicyclic) bond motifs is 1. The highest BCUT2D eigenvalue weighted by molar-refractivity contribution is 7.09. The first kappa shape index (κ1) is 10.4. The number of thiazole rings is 1. The molecule has 0 fully saturated rings. The Hall–Kier alpha value is -1.71. The van der Waals surface area contributed by atoms with Gasteiger partial charge in [0.1, 0.15) is 5.01 Å². The van der Waals surface area contributed by atoms with Crippen LogP contribution < -0.4 is 5.73 Å². The second kappa shape index (κ2) is 4.28. The first-order valence-corrected chi connectivity index (χ1v) is 6.39. The highest BCUT2D eigenvalue weighted by Gasteiger charge is 2.06. The van der Waals surface area contributed by atoms with E-state index in [1.807, 2.05) is 0 Å². The highest BCUT2D eigenvalue weighted by atomic mass is 32.1. The fourth-order valence-electron chi connectivity index (χ4n) is 1.98. The fraction of sp³-hybridized carbons (Fsp3) is 0.0714. The molecular formula is C14H12N2S. The normalized spacial score (nSPS) is 10.9. The lowest BCUT2D eigenvalue weighted by atomic mass is 10.0. The maximum atomic E-state index is 5.60. The van der Waals surface area contributed by atoms with Crippen LogP contribution in [0.15, 0.2) is 47.8 Å². The Morgan fingerprint density at radius 3 is 2.71 bits per heavy atom. The van der Waals surface area contributed by atoms with Crippen LogP contribution in [0.25, 0.3) is 22.0 Å². The summed E-state index contributed by atoms with van der Waals surface area (Å²) in [7, 11) is 0. The molecule has 1 heterocycles. The van der Waals surface area contributed by atoms with E-state index >= 15 is 0 Å². The highest BCUT2D eigenvalue weighted by Crippen LogP contribution is 2.29. The van der Waals surface area contributed by atoms with Gasteiger partial charge in [0, 0.05) is 17.5 Å². The van der Waals surface area contributed by atoms with Crippen LogP contribution in [0, 0.1) is 0 Å². The first-order chi connectivity index (χ1) is 8.38. The van der Waals surface area contributed by atoms with Gasteiger partial charge in [0.25, 0.3) is 0 Å². The first-order valence-electron chi connectivity index (χ1n) is 5.51. The van der Waals surface area contributed by atoms with Crippen molar-refractivity contribution in [3.63, 3.8) is 0 Å². The zero-order valence-corrected chi connectivity index (χ0v) is 10.1. The van der Waals surface area contributed by atoms with Crippen molar-refractivity contribution in [1.29, 1.82) is 0 Å². The minimum absolute atomic E-state index is 0.509. The van der Waals surface area contributed by atoms with E-state index < -0.39 is 0 Å². The Balaban J connectivity index is 2.23. The maximum Gasteiger partial charge on any atom is 0.107 e. The van der Waals surface area contributed by atoms with Crippen LogP contribution in [0.5, 0.6) is 0 Å². The van der Waals surface area contributed by atoms with Crippen molar-refractivity contribution in [3.8, 4) is 11.3 Å². The van der Waals surface area contributed by atoms with Crippen LogP contribution in [0.4, 0.5) is 0 Å². The van der Waals surface area contributed by atoms with E-state index in [1.54, 1.807) is 11.3 Å². The summed E-state index contributed by atoms with van der Waals surface area (Å²) < 4.78 is 0. The standard InChI is InChI=1S/C14H12N2S/c15-8-14-16-13(9-17-14)12-7-3-5-10-4-1-2-6-11(10)12/h1-7,9H,8,15H2. The number of hydrogen-bond donors (Lipinski definition) is 1. The smallest absolute Gasteiger partial charge is 0.107 e. The molecule has 0 saturated carbocycles. The van der Waals surface area contributed by atoms with Crippen molar-refractivity contribution in [2.45, 2.75) is 6.54 Å². The van der Waals surface area contributed by atoms with Gasteiger partial charge in [-0.1, -0.05) is 42.5 Å². The molecular weight excluding hydrogens is 228 g/mol. The summed E-state index contributed by atoms with van der Waals surface area (Å²) >= 11 is 1.62. The lowest BCUT2D eigenvalue weighted by Gasteiger charge is -2.03. The summed E-state index contributed by atoms with van der Waals surface area (Å²) in [4.78, 5) is 4.54. The molecule has 0 aliphatic rings. The molecule has 0 aliphatic carbocycles. The molecule has 17 heavy (non-hydrogen) atoms. The number of nitrogens with two attached hydrogens (primary N) is 1. The minimum Gasteiger partial charge on any atom is -0.325 e. The number of nitrogens with zero attached hydrogens (tertiary/aromatic N) is 1. The molecule has 2 N–H and O–H groups in total. The molecule has 0 bridgehead atoms. The molecule has 0 radical (unpaired) electrons. The second-order valence-corrected chi connectivity index (χ2v) is 4.80. The van der Waals surface area contributed by atoms with Crippen molar-refractivity contribution in [2.24, 2.45) is 5.73 Å². The van der Waals surface area contributed by atoms with Gasteiger partial charge in [0.2, 0.25) is 0 Å². The van der Waals surface area contributed by atoms with E-state index in [4.69, 9.17) is 5.73 Å². The van der Waals surface area contributed by atoms with Gasteiger partial charge < -0.3 is 5.73 Å². The van der Waals surface area contributed by atoms with Gasteiger partial charge in [-0.2, -0.15) is 0 Å². The summed E-state index contributed by atoms with van der Waals surface area (Å²) in [5.41, 5.74) is 7.80. The Morgan fingerprint density at radius 1 is 1.06 bits per heavy atom. The van der Waals surface area contributed by atoms with Crippen LogP contribution in [-0.4, -0.2) is 4.98 Å². The molecule has 0 amide bonds. The average molecular weight is 240 g/mol. The Kier molecular flexibility index (Phi) is 2.63. The molecule has 0 spiro atoms. The van der Waals surface area contributed by atoms with E-state index in [1.165, 1.54) is 16.3 Å². The predicted octanol–water partition coefficient (Wildman–Crippen LogP) is 3.42. The molecule has 0 unspecified atom stereocenters. The lowest BCUT2D eigenvalue weighted by Crippen LogP contribution is -1.94. The summed E-state index contributed by atoms with van der Waals surface area (Å²) in [5, 5.41) is 5.54. The Bertz CT molecular complexity index is 653. The molecule has 2 nitrogen and oxygen atoms in total. The van der Waals surface area contributed by atoms with E-state index in [2.05, 4.69) is 52.8 Å². The van der Waals surface area contributed by atoms with Crippen LogP contribution in [0.2, 0.25) is 0 Å². The minimum atomic E-state index is 0.509. The summed E-state index contributed by atoms with van der Waals surface area (Å²) in [5.74, 6) is 0. The maximum absolute atomic E-state index is 5.60. The average Bonchev–Trinajstić information content (AvgIpc) is 2.87. The van der Waals surface area contributed by atoms with Gasteiger partial charge >= 0.3 is 0 Å². The number of benzene rings is 2. The molecule has 84 valence electrons. The summed E-state index contributed by atoms with van der Waals surface area (Å²) in [6, 6.07) is 14.7. The molecule has 1 aromatic heterocycles. The van der Waals surface area contributed by atoms with Crippen molar-refractivity contribution in [2.75, 3.05) is 0 Å². The van der Waals surface area contributed by atoms with Crippen LogP contribution in [0.3, 0.4) is 0 Å². The van der Waals surface area contributed by atoms with Crippen molar-refractivity contribution < 1.29 is 0 Å². The topological polar surface area (TPSA) is 38.9 Å². The summed E-state index contributed by atoms with van der Waals surface area (Å²) in [6.07, 6.45) is 0. The SMILES string of the molecule is NCc1nc(-c2cccc3ccccc23)cs1. The third kappa shape index (κ3) is 1.84. The molecule has 3 aromatic rings. The van der Waals surface area contributed by atoms with Crippen molar-refractivity contribution in [3.05, 3.63) is 52.9 Å². The number of rotatable bonds is 2. The van der Waals surface area contributed by atoms with E-state index in [9.17, 15) is 0 Å². The van der Waals surface area contributed by atoms with E-state index in [0.717, 1.165) is 10.7 Å². The van der Waals surface area contributed by atoms with Crippen LogP contribution in [0.1, 0.15) is 5.01 Å². The van der Waals surface area contributed by atoms with Crippen molar-refractivity contribution in [1.82, 2.24) is 4.98 Å².